The Hall–Kier alpha value is -1.05. The molecule has 1 rings (SSSR count). The van der Waals surface area contributed by atoms with Crippen LogP contribution in [0, 0.1) is 6.08 Å². The van der Waals surface area contributed by atoms with Crippen molar-refractivity contribution in [1.29, 1.82) is 0 Å². The molecule has 0 bridgehead atoms. The summed E-state index contributed by atoms with van der Waals surface area (Å²) in [4.78, 5) is 0. The molecule has 0 aromatic heterocycles. The highest BCUT2D eigenvalue weighted by atomic mass is 15.4. The zero-order valence-corrected chi connectivity index (χ0v) is 6.33. The van der Waals surface area contributed by atoms with E-state index in [-0.39, 0.29) is 0 Å². The summed E-state index contributed by atoms with van der Waals surface area (Å²) in [5.74, 6) is 0. The maximum atomic E-state index is 4.23. The van der Waals surface area contributed by atoms with Crippen molar-refractivity contribution in [3.8, 4) is 0 Å². The first-order valence-electron chi connectivity index (χ1n) is 3.28. The van der Waals surface area contributed by atoms with E-state index in [0.29, 0.717) is 0 Å². The highest BCUT2D eigenvalue weighted by molar-refractivity contribution is 5.96. The van der Waals surface area contributed by atoms with Gasteiger partial charge < -0.3 is 5.01 Å². The van der Waals surface area contributed by atoms with E-state index in [1.165, 1.54) is 0 Å². The van der Waals surface area contributed by atoms with Crippen molar-refractivity contribution in [2.24, 2.45) is 5.10 Å². The van der Waals surface area contributed by atoms with Gasteiger partial charge in [0, 0.05) is 20.5 Å². The molecule has 1 aliphatic carbocycles. The molecule has 0 amide bonds. The van der Waals surface area contributed by atoms with Gasteiger partial charge in [-0.15, -0.1) is 0 Å². The topological polar surface area (TPSA) is 15.6 Å². The summed E-state index contributed by atoms with van der Waals surface area (Å²) in [6.07, 6.45) is 9.71. The lowest BCUT2D eigenvalue weighted by atomic mass is 10.2. The molecular weight excluding hydrogens is 124 g/mol. The molecule has 2 heteroatoms. The van der Waals surface area contributed by atoms with Crippen LogP contribution in [0.3, 0.4) is 0 Å². The average molecular weight is 135 g/mol. The molecule has 0 saturated heterocycles. The van der Waals surface area contributed by atoms with Crippen molar-refractivity contribution in [1.82, 2.24) is 5.01 Å². The predicted molar refractivity (Wildman–Crippen MR) is 42.7 cm³/mol. The quantitative estimate of drug-likeness (QED) is 0.494. The van der Waals surface area contributed by atoms with Crippen LogP contribution in [0.5, 0.6) is 0 Å². The standard InChI is InChI=1S/C8H11N2/c1-10(2)9-8-6-4-3-5-7-8/h4-6H,7H2,1-2H3. The van der Waals surface area contributed by atoms with Crippen molar-refractivity contribution >= 4 is 5.71 Å². The predicted octanol–water partition coefficient (Wildman–Crippen LogP) is 1.22. The normalized spacial score (nSPS) is 20.0. The Bertz CT molecular complexity index is 187. The van der Waals surface area contributed by atoms with Gasteiger partial charge in [0.2, 0.25) is 0 Å². The third-order valence-electron chi connectivity index (χ3n) is 1.13. The molecule has 0 atom stereocenters. The molecule has 1 radical (unpaired) electrons. The van der Waals surface area contributed by atoms with Gasteiger partial charge in [0.05, 0.1) is 5.71 Å². The number of hydrogen-bond donors (Lipinski definition) is 0. The fourth-order valence-electron chi connectivity index (χ4n) is 0.775. The first-order chi connectivity index (χ1) is 4.79. The molecule has 53 valence electrons. The first kappa shape index (κ1) is 7.06. The molecule has 0 N–H and O–H groups in total. The van der Waals surface area contributed by atoms with Gasteiger partial charge in [-0.3, -0.25) is 0 Å². The van der Waals surface area contributed by atoms with E-state index >= 15 is 0 Å². The SMILES string of the molecule is CN(C)N=C1C=C[C]=CC1. The Labute approximate surface area is 61.5 Å². The van der Waals surface area contributed by atoms with Gasteiger partial charge in [-0.05, 0) is 12.2 Å². The monoisotopic (exact) mass is 135 g/mol. The number of nitrogens with zero attached hydrogens (tertiary/aromatic N) is 2. The molecule has 10 heavy (non-hydrogen) atoms. The lowest BCUT2D eigenvalue weighted by Crippen LogP contribution is -2.07. The number of hydrogen-bond acceptors (Lipinski definition) is 2. The van der Waals surface area contributed by atoms with Crippen LogP contribution in [0.15, 0.2) is 23.3 Å². The molecular formula is C8H11N2. The van der Waals surface area contributed by atoms with E-state index in [1.54, 1.807) is 5.01 Å². The second-order valence-electron chi connectivity index (χ2n) is 2.35. The highest BCUT2D eigenvalue weighted by Gasteiger charge is 1.94. The van der Waals surface area contributed by atoms with Crippen molar-refractivity contribution in [2.45, 2.75) is 6.42 Å². The summed E-state index contributed by atoms with van der Waals surface area (Å²) in [6, 6.07) is 0. The fourth-order valence-corrected chi connectivity index (χ4v) is 0.775. The van der Waals surface area contributed by atoms with Crippen LogP contribution in [0.1, 0.15) is 6.42 Å². The van der Waals surface area contributed by atoms with Gasteiger partial charge in [-0.2, -0.15) is 5.10 Å². The van der Waals surface area contributed by atoms with Crippen molar-refractivity contribution in [2.75, 3.05) is 14.1 Å². The van der Waals surface area contributed by atoms with Crippen LogP contribution in [0.25, 0.3) is 0 Å². The fraction of sp³-hybridized carbons (Fsp3) is 0.375. The largest absolute Gasteiger partial charge is 0.303 e. The van der Waals surface area contributed by atoms with E-state index in [4.69, 9.17) is 0 Å². The molecule has 0 unspecified atom stereocenters. The van der Waals surface area contributed by atoms with Gasteiger partial charge >= 0.3 is 0 Å². The number of allylic oxidation sites excluding steroid dienone is 4. The molecule has 0 heterocycles. The van der Waals surface area contributed by atoms with E-state index in [1.807, 2.05) is 32.3 Å². The Morgan fingerprint density at radius 2 is 2.40 bits per heavy atom. The number of rotatable bonds is 1. The van der Waals surface area contributed by atoms with Crippen molar-refractivity contribution in [3.05, 3.63) is 24.3 Å². The van der Waals surface area contributed by atoms with Gasteiger partial charge in [-0.25, -0.2) is 0 Å². The smallest absolute Gasteiger partial charge is 0.0643 e. The van der Waals surface area contributed by atoms with Crippen molar-refractivity contribution in [3.63, 3.8) is 0 Å². The molecule has 0 spiro atoms. The van der Waals surface area contributed by atoms with Gasteiger partial charge in [-0.1, -0.05) is 12.2 Å². The Morgan fingerprint density at radius 3 is 2.90 bits per heavy atom. The summed E-state index contributed by atoms with van der Waals surface area (Å²) in [5, 5.41) is 6.03. The van der Waals surface area contributed by atoms with Gasteiger partial charge in [0.15, 0.2) is 0 Å². The van der Waals surface area contributed by atoms with Crippen LogP contribution >= 0.6 is 0 Å². The summed E-state index contributed by atoms with van der Waals surface area (Å²) in [5.41, 5.74) is 1.09. The zero-order valence-electron chi connectivity index (χ0n) is 6.33. The highest BCUT2D eigenvalue weighted by Crippen LogP contribution is 1.98. The van der Waals surface area contributed by atoms with Crippen molar-refractivity contribution < 1.29 is 0 Å². The summed E-state index contributed by atoms with van der Waals surface area (Å²) < 4.78 is 0. The van der Waals surface area contributed by atoms with E-state index in [0.717, 1.165) is 12.1 Å². The molecule has 0 aliphatic heterocycles. The van der Waals surface area contributed by atoms with E-state index in [2.05, 4.69) is 11.2 Å². The van der Waals surface area contributed by atoms with Gasteiger partial charge in [0.25, 0.3) is 0 Å². The summed E-state index contributed by atoms with van der Waals surface area (Å²) in [6.45, 7) is 0. The minimum atomic E-state index is 0.898. The third kappa shape index (κ3) is 2.05. The molecule has 1 aliphatic rings. The van der Waals surface area contributed by atoms with Crippen LogP contribution in [-0.4, -0.2) is 24.8 Å². The Morgan fingerprint density at radius 1 is 1.60 bits per heavy atom. The minimum Gasteiger partial charge on any atom is -0.303 e. The average Bonchev–Trinajstić information content (AvgIpc) is 1.88. The molecule has 0 aromatic carbocycles. The van der Waals surface area contributed by atoms with Crippen LogP contribution in [0.4, 0.5) is 0 Å². The lowest BCUT2D eigenvalue weighted by molar-refractivity contribution is 0.437. The zero-order chi connectivity index (χ0) is 7.40. The molecule has 0 fully saturated rings. The number of hydrazone groups is 1. The minimum absolute atomic E-state index is 0.898. The maximum absolute atomic E-state index is 4.23. The van der Waals surface area contributed by atoms with Gasteiger partial charge in [0.1, 0.15) is 0 Å². The van der Waals surface area contributed by atoms with Crippen LogP contribution < -0.4 is 0 Å². The Kier molecular flexibility index (Phi) is 2.26. The third-order valence-corrected chi connectivity index (χ3v) is 1.13. The molecule has 2 nitrogen and oxygen atoms in total. The van der Waals surface area contributed by atoms with E-state index < -0.39 is 0 Å². The lowest BCUT2D eigenvalue weighted by Gasteiger charge is -2.06. The second-order valence-corrected chi connectivity index (χ2v) is 2.35. The molecule has 0 saturated carbocycles. The maximum Gasteiger partial charge on any atom is 0.0643 e. The van der Waals surface area contributed by atoms with Crippen LogP contribution in [0.2, 0.25) is 0 Å². The summed E-state index contributed by atoms with van der Waals surface area (Å²) in [7, 11) is 3.84. The van der Waals surface area contributed by atoms with E-state index in [9.17, 15) is 0 Å². The Balaban J connectivity index is 2.58. The molecule has 0 aromatic rings. The summed E-state index contributed by atoms with van der Waals surface area (Å²) >= 11 is 0. The second kappa shape index (κ2) is 3.20. The van der Waals surface area contributed by atoms with Crippen LogP contribution in [-0.2, 0) is 0 Å². The first-order valence-corrected chi connectivity index (χ1v) is 3.28.